The Kier molecular flexibility index (Phi) is 7.48. The number of ether oxygens (including phenoxy) is 1. The molecule has 3 N–H and O–H groups in total. The van der Waals surface area contributed by atoms with Crippen LogP contribution in [0.15, 0.2) is 0 Å². The lowest BCUT2D eigenvalue weighted by atomic mass is 9.84. The van der Waals surface area contributed by atoms with Crippen molar-refractivity contribution in [2.75, 3.05) is 13.7 Å². The van der Waals surface area contributed by atoms with E-state index in [2.05, 4.69) is 10.6 Å². The summed E-state index contributed by atoms with van der Waals surface area (Å²) < 4.78 is 5.41. The number of carboxylic acids is 1. The molecule has 0 aromatic rings. The Labute approximate surface area is 137 Å². The number of hydrogen-bond donors (Lipinski definition) is 3. The molecule has 0 aromatic carbocycles. The number of rotatable bonds is 8. The van der Waals surface area contributed by atoms with Crippen LogP contribution < -0.4 is 10.6 Å². The van der Waals surface area contributed by atoms with Gasteiger partial charge in [-0.1, -0.05) is 33.1 Å². The molecule has 1 saturated carbocycles. The van der Waals surface area contributed by atoms with E-state index < -0.39 is 23.5 Å². The van der Waals surface area contributed by atoms with E-state index in [0.29, 0.717) is 19.3 Å². The molecule has 1 atom stereocenters. The summed E-state index contributed by atoms with van der Waals surface area (Å²) in [6, 6.07) is -0.939. The van der Waals surface area contributed by atoms with Gasteiger partial charge in [0.25, 0.3) is 5.91 Å². The van der Waals surface area contributed by atoms with Gasteiger partial charge < -0.3 is 20.5 Å². The van der Waals surface area contributed by atoms with Gasteiger partial charge in [0, 0.05) is 7.11 Å². The van der Waals surface area contributed by atoms with Gasteiger partial charge in [-0.25, -0.2) is 4.79 Å². The zero-order valence-electron chi connectivity index (χ0n) is 14.2. The highest BCUT2D eigenvalue weighted by molar-refractivity contribution is 5.91. The second-order valence-electron chi connectivity index (χ2n) is 6.53. The Bertz CT molecular complexity index is 430. The number of aliphatic carboxylic acids is 1. The van der Waals surface area contributed by atoms with Crippen LogP contribution in [0, 0.1) is 5.92 Å². The third-order valence-corrected chi connectivity index (χ3v) is 4.22. The fourth-order valence-corrected chi connectivity index (χ4v) is 2.91. The van der Waals surface area contributed by atoms with Gasteiger partial charge in [0.05, 0.1) is 6.54 Å². The molecular weight excluding hydrogens is 300 g/mol. The zero-order chi connectivity index (χ0) is 17.5. The molecule has 7 nitrogen and oxygen atoms in total. The zero-order valence-corrected chi connectivity index (χ0v) is 14.2. The molecule has 0 heterocycles. The predicted molar refractivity (Wildman–Crippen MR) is 84.9 cm³/mol. The van der Waals surface area contributed by atoms with Gasteiger partial charge in [-0.3, -0.25) is 9.59 Å². The SMILES string of the molecule is COC1(C(=O)NCC(=O)N[C@@H](CC(C)C)C(=O)O)CCCCC1. The Balaban J connectivity index is 2.50. The highest BCUT2D eigenvalue weighted by Crippen LogP contribution is 2.31. The van der Waals surface area contributed by atoms with Crippen LogP contribution >= 0.6 is 0 Å². The summed E-state index contributed by atoms with van der Waals surface area (Å²) in [5, 5.41) is 14.1. The van der Waals surface area contributed by atoms with Gasteiger partial charge in [-0.05, 0) is 25.2 Å². The maximum atomic E-state index is 12.3. The van der Waals surface area contributed by atoms with Crippen molar-refractivity contribution in [2.45, 2.75) is 64.0 Å². The summed E-state index contributed by atoms with van der Waals surface area (Å²) in [6.45, 7) is 3.52. The molecule has 23 heavy (non-hydrogen) atoms. The van der Waals surface area contributed by atoms with Crippen LogP contribution in [0.3, 0.4) is 0 Å². The van der Waals surface area contributed by atoms with Gasteiger partial charge >= 0.3 is 5.97 Å². The number of nitrogens with one attached hydrogen (secondary N) is 2. The number of methoxy groups -OCH3 is 1. The molecule has 132 valence electrons. The molecule has 1 fully saturated rings. The maximum absolute atomic E-state index is 12.3. The van der Waals surface area contributed by atoms with Gasteiger partial charge in [-0.15, -0.1) is 0 Å². The fourth-order valence-electron chi connectivity index (χ4n) is 2.91. The van der Waals surface area contributed by atoms with Crippen LogP contribution in [0.2, 0.25) is 0 Å². The quantitative estimate of drug-likeness (QED) is 0.618. The number of carbonyl (C=O) groups is 3. The molecule has 1 aliphatic carbocycles. The predicted octanol–water partition coefficient (Wildman–Crippen LogP) is 1.07. The monoisotopic (exact) mass is 328 g/mol. The normalized spacial score (nSPS) is 18.3. The maximum Gasteiger partial charge on any atom is 0.326 e. The standard InChI is InChI=1S/C16H28N2O5/c1-11(2)9-12(14(20)21)18-13(19)10-17-15(22)16(23-3)7-5-4-6-8-16/h11-12H,4-10H2,1-3H3,(H,17,22)(H,18,19)(H,20,21)/t12-/m0/s1. The van der Waals surface area contributed by atoms with Crippen molar-refractivity contribution in [1.82, 2.24) is 10.6 Å². The van der Waals surface area contributed by atoms with Gasteiger partial charge in [0.15, 0.2) is 0 Å². The molecule has 0 radical (unpaired) electrons. The van der Waals surface area contributed by atoms with Gasteiger partial charge in [0.1, 0.15) is 11.6 Å². The van der Waals surface area contributed by atoms with Crippen molar-refractivity contribution in [2.24, 2.45) is 5.92 Å². The first-order valence-electron chi connectivity index (χ1n) is 8.16. The average Bonchev–Trinajstić information content (AvgIpc) is 2.52. The Hall–Kier alpha value is -1.63. The van der Waals surface area contributed by atoms with Crippen LogP contribution in [-0.2, 0) is 19.1 Å². The summed E-state index contributed by atoms with van der Waals surface area (Å²) >= 11 is 0. The molecule has 7 heteroatoms. The molecule has 0 spiro atoms. The van der Waals surface area contributed by atoms with Crippen LogP contribution in [0.4, 0.5) is 0 Å². The van der Waals surface area contributed by atoms with Crippen LogP contribution in [-0.4, -0.2) is 48.2 Å². The van der Waals surface area contributed by atoms with Gasteiger partial charge in [0.2, 0.25) is 5.91 Å². The lowest BCUT2D eigenvalue weighted by Crippen LogP contribution is -2.53. The second kappa shape index (κ2) is 8.86. The molecule has 0 saturated heterocycles. The summed E-state index contributed by atoms with van der Waals surface area (Å²) in [6.07, 6.45) is 4.54. The van der Waals surface area contributed by atoms with Crippen molar-refractivity contribution in [3.8, 4) is 0 Å². The van der Waals surface area contributed by atoms with E-state index in [0.717, 1.165) is 19.3 Å². The summed E-state index contributed by atoms with van der Waals surface area (Å²) in [5.74, 6) is -1.73. The minimum absolute atomic E-state index is 0.144. The van der Waals surface area contributed by atoms with E-state index in [1.54, 1.807) is 0 Å². The highest BCUT2D eigenvalue weighted by atomic mass is 16.5. The van der Waals surface area contributed by atoms with Crippen molar-refractivity contribution < 1.29 is 24.2 Å². The van der Waals surface area contributed by atoms with Crippen molar-refractivity contribution >= 4 is 17.8 Å². The molecule has 1 rings (SSSR count). The second-order valence-corrected chi connectivity index (χ2v) is 6.53. The molecule has 2 amide bonds. The number of carboxylic acid groups (broad SMARTS) is 1. The largest absolute Gasteiger partial charge is 0.480 e. The topological polar surface area (TPSA) is 105 Å². The molecule has 0 aliphatic heterocycles. The summed E-state index contributed by atoms with van der Waals surface area (Å²) in [4.78, 5) is 35.3. The number of hydrogen-bond acceptors (Lipinski definition) is 4. The Morgan fingerprint density at radius 1 is 1.17 bits per heavy atom. The van der Waals surface area contributed by atoms with Crippen LogP contribution in [0.1, 0.15) is 52.4 Å². The molecule has 0 bridgehead atoms. The minimum Gasteiger partial charge on any atom is -0.480 e. The summed E-state index contributed by atoms with van der Waals surface area (Å²) in [5.41, 5.74) is -0.858. The first-order valence-corrected chi connectivity index (χ1v) is 8.16. The van der Waals surface area contributed by atoms with Crippen molar-refractivity contribution in [3.63, 3.8) is 0 Å². The van der Waals surface area contributed by atoms with Crippen LogP contribution in [0.5, 0.6) is 0 Å². The van der Waals surface area contributed by atoms with E-state index in [4.69, 9.17) is 9.84 Å². The number of carbonyl (C=O) groups excluding carboxylic acids is 2. The smallest absolute Gasteiger partial charge is 0.326 e. The van der Waals surface area contributed by atoms with E-state index in [9.17, 15) is 14.4 Å². The number of amides is 2. The minimum atomic E-state index is -1.07. The first kappa shape index (κ1) is 19.4. The fraction of sp³-hybridized carbons (Fsp3) is 0.812. The highest BCUT2D eigenvalue weighted by Gasteiger charge is 2.39. The Morgan fingerprint density at radius 2 is 1.78 bits per heavy atom. The molecule has 1 aliphatic rings. The lowest BCUT2D eigenvalue weighted by molar-refractivity contribution is -0.148. The third kappa shape index (κ3) is 5.82. The van der Waals surface area contributed by atoms with E-state index in [1.807, 2.05) is 13.8 Å². The third-order valence-electron chi connectivity index (χ3n) is 4.22. The lowest BCUT2D eigenvalue weighted by Gasteiger charge is -2.34. The van der Waals surface area contributed by atoms with Gasteiger partial charge in [-0.2, -0.15) is 0 Å². The molecule has 0 unspecified atom stereocenters. The van der Waals surface area contributed by atoms with Crippen molar-refractivity contribution in [1.29, 1.82) is 0 Å². The van der Waals surface area contributed by atoms with Crippen molar-refractivity contribution in [3.05, 3.63) is 0 Å². The average molecular weight is 328 g/mol. The van der Waals surface area contributed by atoms with E-state index >= 15 is 0 Å². The van der Waals surface area contributed by atoms with E-state index in [1.165, 1.54) is 7.11 Å². The summed E-state index contributed by atoms with van der Waals surface area (Å²) in [7, 11) is 1.51. The van der Waals surface area contributed by atoms with E-state index in [-0.39, 0.29) is 18.4 Å². The van der Waals surface area contributed by atoms with Crippen LogP contribution in [0.25, 0.3) is 0 Å². The Morgan fingerprint density at radius 3 is 2.26 bits per heavy atom. The first-order chi connectivity index (χ1) is 10.8. The molecular formula is C16H28N2O5. The molecule has 0 aromatic heterocycles.